The molecule has 0 aliphatic carbocycles. The molecule has 6 heteroatoms. The molecule has 4 nitrogen and oxygen atoms in total. The predicted octanol–water partition coefficient (Wildman–Crippen LogP) is 16.9. The molecule has 62 heavy (non-hydrogen) atoms. The summed E-state index contributed by atoms with van der Waals surface area (Å²) >= 11 is 0. The summed E-state index contributed by atoms with van der Waals surface area (Å²) in [4.78, 5) is 4.36. The van der Waals surface area contributed by atoms with E-state index in [9.17, 15) is 8.78 Å². The van der Waals surface area contributed by atoms with Gasteiger partial charge in [0.15, 0.2) is 0 Å². The van der Waals surface area contributed by atoms with Crippen molar-refractivity contribution in [1.82, 2.24) is 0 Å². The minimum atomic E-state index is -0.272. The SMILES string of the molecule is Cc1cc(N(c2ccc(F)cc2)c2ccc3cc4c(cc3c2)oc2ccc3oc5cc6cc(N(c7ccc(F)cc7)c7cc(C)c(C)c(C)c7)ccc6cc5c3c24)cc(C)c1C. The van der Waals surface area contributed by atoms with E-state index >= 15 is 0 Å². The zero-order valence-electron chi connectivity index (χ0n) is 35.3. The molecule has 9 aromatic carbocycles. The summed E-state index contributed by atoms with van der Waals surface area (Å²) in [7, 11) is 0. The van der Waals surface area contributed by atoms with Crippen LogP contribution in [0.1, 0.15) is 33.4 Å². The predicted molar refractivity (Wildman–Crippen MR) is 254 cm³/mol. The summed E-state index contributed by atoms with van der Waals surface area (Å²) in [5, 5.41) is 8.28. The van der Waals surface area contributed by atoms with E-state index in [2.05, 4.69) is 136 Å². The van der Waals surface area contributed by atoms with Gasteiger partial charge in [0.25, 0.3) is 0 Å². The van der Waals surface area contributed by atoms with Crippen molar-refractivity contribution in [2.45, 2.75) is 41.5 Å². The smallest absolute Gasteiger partial charge is 0.136 e. The van der Waals surface area contributed by atoms with Gasteiger partial charge in [0.2, 0.25) is 0 Å². The van der Waals surface area contributed by atoms with E-state index in [1.807, 2.05) is 36.4 Å². The first-order valence-electron chi connectivity index (χ1n) is 20.9. The molecule has 0 aliphatic rings. The van der Waals surface area contributed by atoms with Gasteiger partial charge in [-0.25, -0.2) is 8.78 Å². The molecule has 0 radical (unpaired) electrons. The van der Waals surface area contributed by atoms with Crippen LogP contribution in [0.5, 0.6) is 0 Å². The van der Waals surface area contributed by atoms with Gasteiger partial charge in [-0.05, 0) is 230 Å². The van der Waals surface area contributed by atoms with Gasteiger partial charge in [-0.3, -0.25) is 0 Å². The second-order valence-electron chi connectivity index (χ2n) is 16.8. The molecular weight excluding hydrogens is 771 g/mol. The lowest BCUT2D eigenvalue weighted by Crippen LogP contribution is -2.11. The van der Waals surface area contributed by atoms with Crippen LogP contribution in [-0.2, 0) is 0 Å². The molecule has 0 fully saturated rings. The second-order valence-corrected chi connectivity index (χ2v) is 16.8. The Hall–Kier alpha value is -7.44. The van der Waals surface area contributed by atoms with Crippen LogP contribution in [0.3, 0.4) is 0 Å². The monoisotopic (exact) mass is 812 g/mol. The first-order chi connectivity index (χ1) is 30.0. The van der Waals surface area contributed by atoms with Crippen molar-refractivity contribution >= 4 is 99.5 Å². The van der Waals surface area contributed by atoms with Crippen molar-refractivity contribution < 1.29 is 17.6 Å². The van der Waals surface area contributed by atoms with Gasteiger partial charge >= 0.3 is 0 Å². The van der Waals surface area contributed by atoms with Crippen molar-refractivity contribution in [2.75, 3.05) is 9.80 Å². The Bertz CT molecular complexity index is 3330. The highest BCUT2D eigenvalue weighted by Gasteiger charge is 2.21. The van der Waals surface area contributed by atoms with E-state index in [0.29, 0.717) is 0 Å². The Kier molecular flexibility index (Phi) is 8.52. The fraction of sp³-hybridized carbons (Fsp3) is 0.107. The Labute approximate surface area is 357 Å². The summed E-state index contributed by atoms with van der Waals surface area (Å²) in [6.07, 6.45) is 0. The van der Waals surface area contributed by atoms with Gasteiger partial charge in [-0.2, -0.15) is 0 Å². The number of rotatable bonds is 6. The lowest BCUT2D eigenvalue weighted by Gasteiger charge is -2.27. The molecule has 0 N–H and O–H groups in total. The first-order valence-corrected chi connectivity index (χ1v) is 20.9. The largest absolute Gasteiger partial charge is 0.456 e. The van der Waals surface area contributed by atoms with Crippen molar-refractivity contribution in [3.05, 3.63) is 191 Å². The van der Waals surface area contributed by atoms with Crippen LogP contribution in [0.4, 0.5) is 42.9 Å². The Morgan fingerprint density at radius 1 is 0.323 bits per heavy atom. The summed E-state index contributed by atoms with van der Waals surface area (Å²) in [5.41, 5.74) is 16.2. The number of aryl methyl sites for hydroxylation is 4. The molecule has 11 rings (SSSR count). The third-order valence-electron chi connectivity index (χ3n) is 13.0. The van der Waals surface area contributed by atoms with Crippen molar-refractivity contribution in [3.8, 4) is 0 Å². The molecule has 2 heterocycles. The van der Waals surface area contributed by atoms with Crippen molar-refractivity contribution in [2.24, 2.45) is 0 Å². The third-order valence-corrected chi connectivity index (χ3v) is 13.0. The quantitative estimate of drug-likeness (QED) is 0.167. The number of halogens is 2. The van der Waals surface area contributed by atoms with Crippen LogP contribution in [0.15, 0.2) is 154 Å². The lowest BCUT2D eigenvalue weighted by atomic mass is 9.99. The maximum absolute atomic E-state index is 14.2. The van der Waals surface area contributed by atoms with Crippen LogP contribution in [-0.4, -0.2) is 0 Å². The van der Waals surface area contributed by atoms with Crippen LogP contribution in [0, 0.1) is 53.2 Å². The van der Waals surface area contributed by atoms with Gasteiger partial charge in [-0.1, -0.05) is 12.1 Å². The van der Waals surface area contributed by atoms with E-state index < -0.39 is 0 Å². The first kappa shape index (κ1) is 37.6. The van der Waals surface area contributed by atoms with E-state index in [0.717, 1.165) is 99.5 Å². The molecule has 0 bridgehead atoms. The van der Waals surface area contributed by atoms with Gasteiger partial charge in [-0.15, -0.1) is 0 Å². The number of furan rings is 2. The summed E-state index contributed by atoms with van der Waals surface area (Å²) < 4.78 is 41.6. The topological polar surface area (TPSA) is 32.8 Å². The van der Waals surface area contributed by atoms with Gasteiger partial charge in [0, 0.05) is 55.7 Å². The van der Waals surface area contributed by atoms with E-state index in [-0.39, 0.29) is 11.6 Å². The maximum Gasteiger partial charge on any atom is 0.136 e. The van der Waals surface area contributed by atoms with Crippen LogP contribution < -0.4 is 9.80 Å². The number of hydrogen-bond donors (Lipinski definition) is 0. The fourth-order valence-corrected chi connectivity index (χ4v) is 9.23. The Morgan fingerprint density at radius 3 is 1.05 bits per heavy atom. The van der Waals surface area contributed by atoms with Gasteiger partial charge in [0.05, 0.1) is 0 Å². The summed E-state index contributed by atoms with van der Waals surface area (Å²) in [6, 6.07) is 47.7. The molecular formula is C56H42F2N2O2. The zero-order valence-corrected chi connectivity index (χ0v) is 35.3. The molecule has 11 aromatic rings. The number of anilines is 6. The molecule has 0 spiro atoms. The number of benzene rings is 9. The number of hydrogen-bond acceptors (Lipinski definition) is 4. The zero-order chi connectivity index (χ0) is 42.6. The molecule has 302 valence electrons. The Balaban J connectivity index is 1.04. The average Bonchev–Trinajstić information content (AvgIpc) is 3.81. The van der Waals surface area contributed by atoms with E-state index in [1.54, 1.807) is 0 Å². The Morgan fingerprint density at radius 2 is 0.677 bits per heavy atom. The second kappa shape index (κ2) is 14.1. The highest BCUT2D eigenvalue weighted by atomic mass is 19.1. The van der Waals surface area contributed by atoms with Crippen LogP contribution in [0.2, 0.25) is 0 Å². The standard InChI is InChI=1S/C56H42F2N2O2/c1-31-21-47(22-32(2)35(31)5)59(43-15-9-41(57)10-16-43)45-13-7-37-27-49-53(29-39(37)25-45)61-51-19-20-52-56(55(49)51)50-28-38-8-14-46(26-40(38)30-54(50)62-52)60(44-17-11-42(58)12-18-44)48-23-33(3)36(6)34(4)24-48/h7-30H,1-6H3. The summed E-state index contributed by atoms with van der Waals surface area (Å²) in [5.74, 6) is -0.544. The number of fused-ring (bicyclic) bond motifs is 9. The molecule has 0 saturated carbocycles. The molecule has 2 aromatic heterocycles. The minimum Gasteiger partial charge on any atom is -0.456 e. The van der Waals surface area contributed by atoms with E-state index in [4.69, 9.17) is 8.83 Å². The molecule has 0 atom stereocenters. The molecule has 0 saturated heterocycles. The van der Waals surface area contributed by atoms with Crippen LogP contribution in [0.25, 0.3) is 65.4 Å². The highest BCUT2D eigenvalue weighted by molar-refractivity contribution is 6.27. The van der Waals surface area contributed by atoms with Crippen molar-refractivity contribution in [1.29, 1.82) is 0 Å². The number of nitrogens with zero attached hydrogens (tertiary/aromatic N) is 2. The minimum absolute atomic E-state index is 0.272. The fourth-order valence-electron chi connectivity index (χ4n) is 9.23. The normalized spacial score (nSPS) is 11.9. The van der Waals surface area contributed by atoms with Crippen LogP contribution >= 0.6 is 0 Å². The highest BCUT2D eigenvalue weighted by Crippen LogP contribution is 2.45. The molecule has 0 aliphatic heterocycles. The van der Waals surface area contributed by atoms with Crippen molar-refractivity contribution in [3.63, 3.8) is 0 Å². The molecule has 0 amide bonds. The van der Waals surface area contributed by atoms with Gasteiger partial charge < -0.3 is 18.6 Å². The van der Waals surface area contributed by atoms with Gasteiger partial charge in [0.1, 0.15) is 34.0 Å². The molecule has 0 unspecified atom stereocenters. The summed E-state index contributed by atoms with van der Waals surface area (Å²) in [6.45, 7) is 12.8. The average molecular weight is 813 g/mol. The maximum atomic E-state index is 14.2. The van der Waals surface area contributed by atoms with E-state index in [1.165, 1.54) is 57.6 Å². The lowest BCUT2D eigenvalue weighted by molar-refractivity contribution is 0.627. The third kappa shape index (κ3) is 6.08.